The van der Waals surface area contributed by atoms with Gasteiger partial charge in [-0.2, -0.15) is 0 Å². The van der Waals surface area contributed by atoms with Crippen molar-refractivity contribution in [1.82, 2.24) is 15.2 Å². The van der Waals surface area contributed by atoms with E-state index < -0.39 is 0 Å². The summed E-state index contributed by atoms with van der Waals surface area (Å²) in [7, 11) is 3.63. The van der Waals surface area contributed by atoms with Crippen LogP contribution in [0.4, 0.5) is 0 Å². The van der Waals surface area contributed by atoms with Crippen molar-refractivity contribution in [2.24, 2.45) is 12.0 Å². The third-order valence-corrected chi connectivity index (χ3v) is 4.12. The molecular formula is C15H27Cl2IN4O. The molecule has 0 unspecified atom stereocenters. The van der Waals surface area contributed by atoms with Gasteiger partial charge in [-0.05, 0) is 18.9 Å². The van der Waals surface area contributed by atoms with Crippen molar-refractivity contribution in [3.8, 4) is 0 Å². The monoisotopic (exact) mass is 476 g/mol. The first-order valence-corrected chi connectivity index (χ1v) is 8.37. The fourth-order valence-electron chi connectivity index (χ4n) is 1.88. The second-order valence-corrected chi connectivity index (χ2v) is 5.77. The number of guanidine groups is 1. The number of hydrogen-bond donors (Lipinski definition) is 2. The van der Waals surface area contributed by atoms with Gasteiger partial charge in [0, 0.05) is 39.5 Å². The minimum absolute atomic E-state index is 0. The lowest BCUT2D eigenvalue weighted by Crippen LogP contribution is -2.37. The van der Waals surface area contributed by atoms with E-state index in [0.29, 0.717) is 16.7 Å². The van der Waals surface area contributed by atoms with E-state index in [9.17, 15) is 0 Å². The fraction of sp³-hybridized carbons (Fsp3) is 0.667. The van der Waals surface area contributed by atoms with Crippen LogP contribution in [0.1, 0.15) is 31.9 Å². The van der Waals surface area contributed by atoms with Crippen molar-refractivity contribution in [3.63, 3.8) is 0 Å². The largest absolute Gasteiger partial charge is 0.381 e. The highest BCUT2D eigenvalue weighted by Crippen LogP contribution is 2.24. The number of halogens is 3. The summed E-state index contributed by atoms with van der Waals surface area (Å²) in [5.74, 6) is 0.752. The van der Waals surface area contributed by atoms with E-state index in [1.807, 2.05) is 17.7 Å². The molecule has 2 N–H and O–H groups in total. The normalized spacial score (nSPS) is 11.3. The van der Waals surface area contributed by atoms with Gasteiger partial charge in [-0.3, -0.25) is 4.99 Å². The third-order valence-electron chi connectivity index (χ3n) is 3.28. The molecule has 0 spiro atoms. The number of rotatable bonds is 9. The number of unbranched alkanes of at least 4 members (excludes halogenated alkanes) is 1. The van der Waals surface area contributed by atoms with Gasteiger partial charge in [0.1, 0.15) is 5.15 Å². The van der Waals surface area contributed by atoms with Crippen molar-refractivity contribution in [2.75, 3.05) is 26.8 Å². The van der Waals surface area contributed by atoms with Crippen molar-refractivity contribution in [2.45, 2.75) is 32.7 Å². The van der Waals surface area contributed by atoms with Gasteiger partial charge in [-0.25, -0.2) is 0 Å². The molecule has 5 nitrogen and oxygen atoms in total. The van der Waals surface area contributed by atoms with Gasteiger partial charge in [0.15, 0.2) is 5.96 Å². The first kappa shape index (κ1) is 22.8. The quantitative estimate of drug-likeness (QED) is 0.246. The second-order valence-electron chi connectivity index (χ2n) is 5.01. The molecule has 134 valence electrons. The lowest BCUT2D eigenvalue weighted by atomic mass is 10.4. The Labute approximate surface area is 166 Å². The highest BCUT2D eigenvalue weighted by molar-refractivity contribution is 14.0. The Kier molecular flexibility index (Phi) is 13.0. The SMILES string of the molecule is CCCCOCCCNC(=NC)NCc1cc(Cl)c(Cl)n1C.I. The molecule has 0 atom stereocenters. The minimum atomic E-state index is 0. The van der Waals surface area contributed by atoms with Gasteiger partial charge in [0.25, 0.3) is 0 Å². The molecule has 0 amide bonds. The number of hydrogen-bond acceptors (Lipinski definition) is 2. The molecular weight excluding hydrogens is 450 g/mol. The van der Waals surface area contributed by atoms with Crippen molar-refractivity contribution in [3.05, 3.63) is 21.9 Å². The van der Waals surface area contributed by atoms with Crippen LogP contribution in [0.2, 0.25) is 10.2 Å². The molecule has 0 aromatic carbocycles. The maximum atomic E-state index is 6.05. The van der Waals surface area contributed by atoms with E-state index in [0.717, 1.165) is 44.3 Å². The van der Waals surface area contributed by atoms with Crippen molar-refractivity contribution < 1.29 is 4.74 Å². The average molecular weight is 477 g/mol. The van der Waals surface area contributed by atoms with Crippen LogP contribution in [-0.2, 0) is 18.3 Å². The maximum absolute atomic E-state index is 6.05. The first-order valence-electron chi connectivity index (χ1n) is 7.62. The van der Waals surface area contributed by atoms with Gasteiger partial charge in [0.05, 0.1) is 11.6 Å². The lowest BCUT2D eigenvalue weighted by Gasteiger charge is -2.12. The van der Waals surface area contributed by atoms with Crippen molar-refractivity contribution in [1.29, 1.82) is 0 Å². The van der Waals surface area contributed by atoms with Crippen LogP contribution < -0.4 is 10.6 Å². The standard InChI is InChI=1S/C15H26Cl2N4O.HI/c1-4-5-8-22-9-6-7-19-15(18-2)20-11-12-10-13(16)14(17)21(12)3;/h10H,4-9,11H2,1-3H3,(H2,18,19,20);1H. The van der Waals surface area contributed by atoms with Crippen LogP contribution >= 0.6 is 47.2 Å². The summed E-state index contributed by atoms with van der Waals surface area (Å²) < 4.78 is 7.37. The topological polar surface area (TPSA) is 50.6 Å². The first-order chi connectivity index (χ1) is 10.6. The average Bonchev–Trinajstić information content (AvgIpc) is 2.76. The summed E-state index contributed by atoms with van der Waals surface area (Å²) in [4.78, 5) is 4.19. The zero-order chi connectivity index (χ0) is 16.4. The van der Waals surface area contributed by atoms with Crippen LogP contribution in [0, 0.1) is 0 Å². The Morgan fingerprint density at radius 2 is 1.96 bits per heavy atom. The summed E-state index contributed by atoms with van der Waals surface area (Å²) in [5.41, 5.74) is 1.00. The molecule has 0 saturated carbocycles. The van der Waals surface area contributed by atoms with Crippen LogP contribution in [0.3, 0.4) is 0 Å². The van der Waals surface area contributed by atoms with Gasteiger partial charge < -0.3 is 19.9 Å². The highest BCUT2D eigenvalue weighted by atomic mass is 127. The van der Waals surface area contributed by atoms with Gasteiger partial charge in [-0.1, -0.05) is 36.5 Å². The Bertz CT molecular complexity index is 480. The Morgan fingerprint density at radius 1 is 1.26 bits per heavy atom. The Balaban J connectivity index is 0.00000484. The molecule has 0 saturated heterocycles. The van der Waals surface area contributed by atoms with E-state index in [-0.39, 0.29) is 24.0 Å². The highest BCUT2D eigenvalue weighted by Gasteiger charge is 2.09. The zero-order valence-corrected chi connectivity index (χ0v) is 17.8. The van der Waals surface area contributed by atoms with Crippen LogP contribution in [0.15, 0.2) is 11.1 Å². The van der Waals surface area contributed by atoms with E-state index in [1.165, 1.54) is 6.42 Å². The van der Waals surface area contributed by atoms with Crippen LogP contribution in [0.25, 0.3) is 0 Å². The predicted molar refractivity (Wildman–Crippen MR) is 109 cm³/mol. The minimum Gasteiger partial charge on any atom is -0.381 e. The number of nitrogens with one attached hydrogen (secondary N) is 2. The van der Waals surface area contributed by atoms with E-state index in [2.05, 4.69) is 22.5 Å². The number of nitrogens with zero attached hydrogens (tertiary/aromatic N) is 2. The van der Waals surface area contributed by atoms with E-state index >= 15 is 0 Å². The predicted octanol–water partition coefficient (Wildman–Crippen LogP) is 3.82. The molecule has 8 heteroatoms. The number of aliphatic imine (C=N–C) groups is 1. The molecule has 0 bridgehead atoms. The molecule has 1 heterocycles. The van der Waals surface area contributed by atoms with E-state index in [4.69, 9.17) is 27.9 Å². The molecule has 0 aliphatic rings. The van der Waals surface area contributed by atoms with Gasteiger partial charge in [0.2, 0.25) is 0 Å². The molecule has 1 aromatic heterocycles. The van der Waals surface area contributed by atoms with Crippen molar-refractivity contribution >= 4 is 53.1 Å². The van der Waals surface area contributed by atoms with Gasteiger partial charge >= 0.3 is 0 Å². The summed E-state index contributed by atoms with van der Waals surface area (Å²) in [6.07, 6.45) is 3.24. The Hall–Kier alpha value is -0.180. The lowest BCUT2D eigenvalue weighted by molar-refractivity contribution is 0.129. The second kappa shape index (κ2) is 13.1. The fourth-order valence-corrected chi connectivity index (χ4v) is 2.30. The third kappa shape index (κ3) is 8.47. The molecule has 1 aromatic rings. The number of aromatic nitrogens is 1. The molecule has 0 fully saturated rings. The molecule has 0 radical (unpaired) electrons. The molecule has 0 aliphatic heterocycles. The van der Waals surface area contributed by atoms with Crippen LogP contribution in [0.5, 0.6) is 0 Å². The number of ether oxygens (including phenoxy) is 1. The molecule has 1 rings (SSSR count). The summed E-state index contributed by atoms with van der Waals surface area (Å²) >= 11 is 12.0. The summed E-state index contributed by atoms with van der Waals surface area (Å²) in [6, 6.07) is 1.85. The zero-order valence-electron chi connectivity index (χ0n) is 14.0. The summed E-state index contributed by atoms with van der Waals surface area (Å²) in [6.45, 7) is 5.20. The smallest absolute Gasteiger partial charge is 0.191 e. The van der Waals surface area contributed by atoms with E-state index in [1.54, 1.807) is 7.05 Å². The summed E-state index contributed by atoms with van der Waals surface area (Å²) in [5, 5.41) is 7.60. The van der Waals surface area contributed by atoms with Crippen LogP contribution in [-0.4, -0.2) is 37.3 Å². The maximum Gasteiger partial charge on any atom is 0.191 e. The molecule has 23 heavy (non-hydrogen) atoms. The van der Waals surface area contributed by atoms with Gasteiger partial charge in [-0.15, -0.1) is 24.0 Å². The Morgan fingerprint density at radius 3 is 2.52 bits per heavy atom. The molecule has 0 aliphatic carbocycles.